The van der Waals surface area contributed by atoms with Gasteiger partial charge >= 0.3 is 0 Å². The number of piperidine rings is 1. The van der Waals surface area contributed by atoms with E-state index in [1.165, 1.54) is 7.11 Å². The van der Waals surface area contributed by atoms with E-state index in [2.05, 4.69) is 10.2 Å². The number of ether oxygens (including phenoxy) is 1. The molecule has 4 rings (SSSR count). The van der Waals surface area contributed by atoms with Crippen molar-refractivity contribution in [3.05, 3.63) is 59.7 Å². The Morgan fingerprint density at radius 2 is 2.00 bits per heavy atom. The first kappa shape index (κ1) is 21.7. The Morgan fingerprint density at radius 3 is 2.77 bits per heavy atom. The second-order valence-electron chi connectivity index (χ2n) is 8.81. The Labute approximate surface area is 183 Å². The summed E-state index contributed by atoms with van der Waals surface area (Å²) < 4.78 is 5.33. The zero-order valence-corrected chi connectivity index (χ0v) is 18.1. The third-order valence-electron chi connectivity index (χ3n) is 6.90. The van der Waals surface area contributed by atoms with Crippen LogP contribution in [0.25, 0.3) is 0 Å². The van der Waals surface area contributed by atoms with E-state index in [0.717, 1.165) is 36.8 Å². The third-order valence-corrected chi connectivity index (χ3v) is 6.90. The lowest BCUT2D eigenvalue weighted by molar-refractivity contribution is -0.138. The van der Waals surface area contributed by atoms with Gasteiger partial charge in [0.15, 0.2) is 11.5 Å². The highest BCUT2D eigenvalue weighted by atomic mass is 16.5. The lowest BCUT2D eigenvalue weighted by Gasteiger charge is -2.52. The SMILES string of the molecule is COc1cc(C2C3CCCCC3(O)CCN2CC(=O)NCc2ccccc2)ccc1O. The molecule has 3 atom stereocenters. The summed E-state index contributed by atoms with van der Waals surface area (Å²) in [6.45, 7) is 1.42. The van der Waals surface area contributed by atoms with Gasteiger partial charge in [0.1, 0.15) is 0 Å². The number of carbonyl (C=O) groups excluding carboxylic acids is 1. The molecule has 2 fully saturated rings. The van der Waals surface area contributed by atoms with E-state index in [4.69, 9.17) is 4.74 Å². The Morgan fingerprint density at radius 1 is 1.19 bits per heavy atom. The number of amides is 1. The number of rotatable bonds is 6. The number of phenols is 1. The van der Waals surface area contributed by atoms with Crippen LogP contribution in [0.5, 0.6) is 11.5 Å². The number of benzene rings is 2. The fourth-order valence-electron chi connectivity index (χ4n) is 5.28. The zero-order chi connectivity index (χ0) is 21.8. The van der Waals surface area contributed by atoms with Gasteiger partial charge in [-0.15, -0.1) is 0 Å². The van der Waals surface area contributed by atoms with Crippen molar-refractivity contribution < 1.29 is 19.7 Å². The Hall–Kier alpha value is -2.57. The molecule has 1 aliphatic carbocycles. The molecule has 2 aromatic carbocycles. The second kappa shape index (κ2) is 9.28. The molecule has 3 unspecified atom stereocenters. The monoisotopic (exact) mass is 424 g/mol. The molecule has 166 valence electrons. The van der Waals surface area contributed by atoms with E-state index in [0.29, 0.717) is 25.3 Å². The lowest BCUT2D eigenvalue weighted by atomic mass is 9.66. The van der Waals surface area contributed by atoms with Crippen LogP contribution in [0, 0.1) is 5.92 Å². The Kier molecular flexibility index (Phi) is 6.49. The number of carbonyl (C=O) groups is 1. The summed E-state index contributed by atoms with van der Waals surface area (Å²) in [4.78, 5) is 15.0. The largest absolute Gasteiger partial charge is 0.504 e. The maximum Gasteiger partial charge on any atom is 0.234 e. The van der Waals surface area contributed by atoms with Crippen LogP contribution in [0.15, 0.2) is 48.5 Å². The van der Waals surface area contributed by atoms with E-state index in [9.17, 15) is 15.0 Å². The minimum atomic E-state index is -0.703. The summed E-state index contributed by atoms with van der Waals surface area (Å²) in [6.07, 6.45) is 4.52. The highest BCUT2D eigenvalue weighted by Gasteiger charge is 2.49. The van der Waals surface area contributed by atoms with Gasteiger partial charge in [-0.05, 0) is 42.5 Å². The Bertz CT molecular complexity index is 904. The van der Waals surface area contributed by atoms with Crippen molar-refractivity contribution in [2.45, 2.75) is 50.3 Å². The van der Waals surface area contributed by atoms with Gasteiger partial charge in [-0.2, -0.15) is 0 Å². The Balaban J connectivity index is 1.55. The van der Waals surface area contributed by atoms with Crippen LogP contribution in [0.4, 0.5) is 0 Å². The number of nitrogens with one attached hydrogen (secondary N) is 1. The first-order chi connectivity index (χ1) is 15.0. The summed E-state index contributed by atoms with van der Waals surface area (Å²) >= 11 is 0. The maximum atomic E-state index is 12.8. The molecule has 2 aromatic rings. The van der Waals surface area contributed by atoms with Gasteiger partial charge in [0.2, 0.25) is 5.91 Å². The highest BCUT2D eigenvalue weighted by molar-refractivity contribution is 5.78. The van der Waals surface area contributed by atoms with Gasteiger partial charge in [0.25, 0.3) is 0 Å². The van der Waals surface area contributed by atoms with Crippen LogP contribution in [-0.4, -0.2) is 46.8 Å². The highest BCUT2D eigenvalue weighted by Crippen LogP contribution is 2.49. The lowest BCUT2D eigenvalue weighted by Crippen LogP contribution is -2.56. The number of fused-ring (bicyclic) bond motifs is 1. The van der Waals surface area contributed by atoms with Gasteiger partial charge < -0.3 is 20.3 Å². The van der Waals surface area contributed by atoms with E-state index in [1.54, 1.807) is 6.07 Å². The number of hydrogen-bond donors (Lipinski definition) is 3. The number of methoxy groups -OCH3 is 1. The van der Waals surface area contributed by atoms with Crippen molar-refractivity contribution in [3.8, 4) is 11.5 Å². The van der Waals surface area contributed by atoms with Crippen LogP contribution in [0.3, 0.4) is 0 Å². The fraction of sp³-hybridized carbons (Fsp3) is 0.480. The van der Waals surface area contributed by atoms with Crippen molar-refractivity contribution in [1.82, 2.24) is 10.2 Å². The fourth-order valence-corrected chi connectivity index (χ4v) is 5.28. The molecule has 6 heteroatoms. The zero-order valence-electron chi connectivity index (χ0n) is 18.1. The summed E-state index contributed by atoms with van der Waals surface area (Å²) in [6, 6.07) is 15.1. The number of aliphatic hydroxyl groups is 1. The summed E-state index contributed by atoms with van der Waals surface area (Å²) in [5.41, 5.74) is 1.33. The summed E-state index contributed by atoms with van der Waals surface area (Å²) in [5, 5.41) is 24.5. The van der Waals surface area contributed by atoms with Crippen molar-refractivity contribution in [2.24, 2.45) is 5.92 Å². The number of aromatic hydroxyl groups is 1. The molecular weight excluding hydrogens is 392 g/mol. The minimum absolute atomic E-state index is 0.0270. The number of nitrogens with zero attached hydrogens (tertiary/aromatic N) is 1. The average Bonchev–Trinajstić information content (AvgIpc) is 2.79. The number of likely N-dealkylation sites (tertiary alicyclic amines) is 1. The van der Waals surface area contributed by atoms with Crippen molar-refractivity contribution >= 4 is 5.91 Å². The van der Waals surface area contributed by atoms with Crippen LogP contribution in [0.1, 0.15) is 49.3 Å². The summed E-state index contributed by atoms with van der Waals surface area (Å²) in [7, 11) is 1.53. The normalized spacial score (nSPS) is 26.1. The van der Waals surface area contributed by atoms with E-state index >= 15 is 0 Å². The first-order valence-electron chi connectivity index (χ1n) is 11.1. The molecule has 1 saturated heterocycles. The summed E-state index contributed by atoms with van der Waals surface area (Å²) in [5.74, 6) is 0.524. The van der Waals surface area contributed by atoms with E-state index in [-0.39, 0.29) is 30.2 Å². The van der Waals surface area contributed by atoms with Crippen LogP contribution in [-0.2, 0) is 11.3 Å². The number of phenolic OH excluding ortho intramolecular Hbond substituents is 1. The predicted molar refractivity (Wildman–Crippen MR) is 119 cm³/mol. The third kappa shape index (κ3) is 4.70. The molecule has 0 bridgehead atoms. The van der Waals surface area contributed by atoms with Crippen LogP contribution >= 0.6 is 0 Å². The molecule has 0 spiro atoms. The molecule has 1 saturated carbocycles. The molecule has 1 heterocycles. The molecule has 1 aliphatic heterocycles. The van der Waals surface area contributed by atoms with E-state index in [1.807, 2.05) is 42.5 Å². The number of hydrogen-bond acceptors (Lipinski definition) is 5. The molecule has 6 nitrogen and oxygen atoms in total. The van der Waals surface area contributed by atoms with E-state index < -0.39 is 5.60 Å². The smallest absolute Gasteiger partial charge is 0.234 e. The average molecular weight is 425 g/mol. The van der Waals surface area contributed by atoms with Gasteiger partial charge in [-0.25, -0.2) is 0 Å². The van der Waals surface area contributed by atoms with Crippen LogP contribution in [0.2, 0.25) is 0 Å². The molecule has 31 heavy (non-hydrogen) atoms. The van der Waals surface area contributed by atoms with Crippen LogP contribution < -0.4 is 10.1 Å². The molecule has 3 N–H and O–H groups in total. The van der Waals surface area contributed by atoms with Gasteiger partial charge in [-0.3, -0.25) is 9.69 Å². The van der Waals surface area contributed by atoms with Crippen molar-refractivity contribution in [3.63, 3.8) is 0 Å². The predicted octanol–water partition coefficient (Wildman–Crippen LogP) is 3.39. The second-order valence-corrected chi connectivity index (χ2v) is 8.81. The quantitative estimate of drug-likeness (QED) is 0.662. The van der Waals surface area contributed by atoms with Gasteiger partial charge in [0, 0.05) is 25.0 Å². The molecule has 0 aromatic heterocycles. The topological polar surface area (TPSA) is 82.0 Å². The first-order valence-corrected chi connectivity index (χ1v) is 11.1. The van der Waals surface area contributed by atoms with Crippen molar-refractivity contribution in [2.75, 3.05) is 20.2 Å². The standard InChI is InChI=1S/C25H32N2O4/c1-31-22-15-19(10-11-21(22)28)24-20-9-5-6-12-25(20,30)13-14-27(24)17-23(29)26-16-18-7-3-2-4-8-18/h2-4,7-8,10-11,15,20,24,28,30H,5-6,9,12-14,16-17H2,1H3,(H,26,29). The van der Waals surface area contributed by atoms with Gasteiger partial charge in [0.05, 0.1) is 19.3 Å². The minimum Gasteiger partial charge on any atom is -0.504 e. The molecular formula is C25H32N2O4. The molecule has 0 radical (unpaired) electrons. The molecule has 2 aliphatic rings. The van der Waals surface area contributed by atoms with Gasteiger partial charge in [-0.1, -0.05) is 49.2 Å². The van der Waals surface area contributed by atoms with Crippen molar-refractivity contribution in [1.29, 1.82) is 0 Å². The molecule has 1 amide bonds. The maximum absolute atomic E-state index is 12.8.